The van der Waals surface area contributed by atoms with Crippen LogP contribution in [-0.4, -0.2) is 35.8 Å². The molecule has 1 aliphatic heterocycles. The molecule has 0 aliphatic carbocycles. The summed E-state index contributed by atoms with van der Waals surface area (Å²) in [6.45, 7) is 4.92. The van der Waals surface area contributed by atoms with Crippen LogP contribution in [0.15, 0.2) is 12.1 Å². The number of nitrogens with one attached hydrogen (secondary N) is 1. The minimum Gasteiger partial charge on any atom is -0.351 e. The van der Waals surface area contributed by atoms with E-state index in [1.807, 2.05) is 4.90 Å². The normalized spacial score (nSPS) is 22.1. The number of halogens is 1. The summed E-state index contributed by atoms with van der Waals surface area (Å²) in [5.74, 6) is 0.309. The number of carbonyl (C=O) groups excluding carboxylic acids is 2. The Kier molecular flexibility index (Phi) is 5.05. The Hall–Kier alpha value is -1.07. The summed E-state index contributed by atoms with van der Waals surface area (Å²) in [5.41, 5.74) is 0. The van der Waals surface area contributed by atoms with Gasteiger partial charge in [0, 0.05) is 20.0 Å². The highest BCUT2D eigenvalue weighted by Crippen LogP contribution is 2.27. The molecule has 0 aromatic carbocycles. The van der Waals surface area contributed by atoms with Crippen LogP contribution in [0.1, 0.15) is 36.4 Å². The van der Waals surface area contributed by atoms with Gasteiger partial charge in [0.25, 0.3) is 5.91 Å². The molecule has 2 heterocycles. The summed E-state index contributed by atoms with van der Waals surface area (Å²) in [6.07, 6.45) is 2.06. The largest absolute Gasteiger partial charge is 0.351 e. The highest BCUT2D eigenvalue weighted by molar-refractivity contribution is 7.17. The summed E-state index contributed by atoms with van der Waals surface area (Å²) in [6, 6.07) is 3.56. The SMILES string of the molecule is CCC[C@@H]1CN(C(=O)c2ccc(Cl)s2)C[C@H]1NC(C)=O. The zero-order valence-corrected chi connectivity index (χ0v) is 13.3. The molecule has 2 amide bonds. The third kappa shape index (κ3) is 3.52. The van der Waals surface area contributed by atoms with Crippen LogP contribution in [-0.2, 0) is 4.79 Å². The first-order valence-corrected chi connectivity index (χ1v) is 8.02. The van der Waals surface area contributed by atoms with Crippen molar-refractivity contribution in [1.29, 1.82) is 0 Å². The third-order valence-corrected chi connectivity index (χ3v) is 4.78. The van der Waals surface area contributed by atoms with E-state index in [1.165, 1.54) is 18.3 Å². The van der Waals surface area contributed by atoms with E-state index in [0.717, 1.165) is 12.8 Å². The van der Waals surface area contributed by atoms with Crippen LogP contribution in [0, 0.1) is 5.92 Å². The van der Waals surface area contributed by atoms with E-state index in [0.29, 0.717) is 28.2 Å². The molecule has 0 radical (unpaired) electrons. The zero-order valence-electron chi connectivity index (χ0n) is 11.7. The van der Waals surface area contributed by atoms with Crippen molar-refractivity contribution < 1.29 is 9.59 Å². The Morgan fingerprint density at radius 1 is 1.45 bits per heavy atom. The molecule has 4 nitrogen and oxygen atoms in total. The third-order valence-electron chi connectivity index (χ3n) is 3.56. The van der Waals surface area contributed by atoms with Crippen molar-refractivity contribution in [2.45, 2.75) is 32.7 Å². The lowest BCUT2D eigenvalue weighted by Gasteiger charge is -2.17. The molecule has 1 aromatic rings. The standard InChI is InChI=1S/C14H19ClN2O2S/c1-3-4-10-7-17(8-11(10)16-9(2)18)14(19)12-5-6-13(15)20-12/h5-6,10-11H,3-4,7-8H2,1-2H3,(H,16,18)/t10-,11-/m1/s1. The molecule has 1 aromatic heterocycles. The molecule has 6 heteroatoms. The molecule has 1 saturated heterocycles. The van der Waals surface area contributed by atoms with Crippen molar-refractivity contribution in [3.8, 4) is 0 Å². The van der Waals surface area contributed by atoms with Gasteiger partial charge in [-0.3, -0.25) is 9.59 Å². The van der Waals surface area contributed by atoms with E-state index < -0.39 is 0 Å². The topological polar surface area (TPSA) is 49.4 Å². The molecule has 0 spiro atoms. The summed E-state index contributed by atoms with van der Waals surface area (Å²) in [4.78, 5) is 26.2. The maximum absolute atomic E-state index is 12.4. The molecule has 1 N–H and O–H groups in total. The van der Waals surface area contributed by atoms with Crippen molar-refractivity contribution in [2.24, 2.45) is 5.92 Å². The molecular formula is C14H19ClN2O2S. The predicted octanol–water partition coefficient (Wildman–Crippen LogP) is 2.78. The molecule has 2 atom stereocenters. The average Bonchev–Trinajstić information content (AvgIpc) is 2.96. The lowest BCUT2D eigenvalue weighted by atomic mass is 9.98. The van der Waals surface area contributed by atoms with Crippen LogP contribution in [0.3, 0.4) is 0 Å². The Morgan fingerprint density at radius 2 is 2.20 bits per heavy atom. The van der Waals surface area contributed by atoms with Crippen LogP contribution in [0.4, 0.5) is 0 Å². The van der Waals surface area contributed by atoms with Crippen LogP contribution < -0.4 is 5.32 Å². The van der Waals surface area contributed by atoms with Crippen LogP contribution in [0.2, 0.25) is 4.34 Å². The fourth-order valence-electron chi connectivity index (χ4n) is 2.71. The van der Waals surface area contributed by atoms with Gasteiger partial charge in [-0.1, -0.05) is 24.9 Å². The molecule has 110 valence electrons. The van der Waals surface area contributed by atoms with Gasteiger partial charge in [-0.05, 0) is 24.5 Å². The van der Waals surface area contributed by atoms with E-state index >= 15 is 0 Å². The Balaban J connectivity index is 2.06. The van der Waals surface area contributed by atoms with Crippen molar-refractivity contribution in [3.05, 3.63) is 21.3 Å². The number of thiophene rings is 1. The fourth-order valence-corrected chi connectivity index (χ4v) is 3.72. The minimum atomic E-state index is -0.0374. The average molecular weight is 315 g/mol. The maximum atomic E-state index is 12.4. The first kappa shape index (κ1) is 15.3. The lowest BCUT2D eigenvalue weighted by molar-refractivity contribution is -0.119. The van der Waals surface area contributed by atoms with Crippen molar-refractivity contribution in [3.63, 3.8) is 0 Å². The van der Waals surface area contributed by atoms with E-state index in [-0.39, 0.29) is 17.9 Å². The Morgan fingerprint density at radius 3 is 2.75 bits per heavy atom. The second kappa shape index (κ2) is 6.59. The number of likely N-dealkylation sites (tertiary alicyclic amines) is 1. The zero-order chi connectivity index (χ0) is 14.7. The summed E-state index contributed by atoms with van der Waals surface area (Å²) in [5, 5.41) is 2.96. The van der Waals surface area contributed by atoms with E-state index in [2.05, 4.69) is 12.2 Å². The van der Waals surface area contributed by atoms with Gasteiger partial charge in [0.05, 0.1) is 15.3 Å². The first-order valence-electron chi connectivity index (χ1n) is 6.83. The number of hydrogen-bond donors (Lipinski definition) is 1. The van der Waals surface area contributed by atoms with E-state index in [1.54, 1.807) is 12.1 Å². The predicted molar refractivity (Wildman–Crippen MR) is 81.2 cm³/mol. The van der Waals surface area contributed by atoms with Crippen LogP contribution in [0.25, 0.3) is 0 Å². The van der Waals surface area contributed by atoms with Gasteiger partial charge in [-0.2, -0.15) is 0 Å². The highest BCUT2D eigenvalue weighted by atomic mass is 35.5. The number of hydrogen-bond acceptors (Lipinski definition) is 3. The highest BCUT2D eigenvalue weighted by Gasteiger charge is 2.35. The molecule has 0 bridgehead atoms. The smallest absolute Gasteiger partial charge is 0.264 e. The quantitative estimate of drug-likeness (QED) is 0.929. The minimum absolute atomic E-state index is 0.0101. The lowest BCUT2D eigenvalue weighted by Crippen LogP contribution is -2.39. The van der Waals surface area contributed by atoms with Gasteiger partial charge < -0.3 is 10.2 Å². The second-order valence-corrected chi connectivity index (χ2v) is 6.88. The summed E-state index contributed by atoms with van der Waals surface area (Å²) < 4.78 is 0.621. The Labute approximate surface area is 128 Å². The molecule has 20 heavy (non-hydrogen) atoms. The molecule has 0 unspecified atom stereocenters. The second-order valence-electron chi connectivity index (χ2n) is 5.17. The number of amides is 2. The van der Waals surface area contributed by atoms with Crippen LogP contribution in [0.5, 0.6) is 0 Å². The summed E-state index contributed by atoms with van der Waals surface area (Å²) >= 11 is 7.18. The summed E-state index contributed by atoms with van der Waals surface area (Å²) in [7, 11) is 0. The van der Waals surface area contributed by atoms with Gasteiger partial charge in [0.1, 0.15) is 0 Å². The number of rotatable bonds is 4. The van der Waals surface area contributed by atoms with Crippen molar-refractivity contribution in [2.75, 3.05) is 13.1 Å². The fraction of sp³-hybridized carbons (Fsp3) is 0.571. The number of nitrogens with zero attached hydrogens (tertiary/aromatic N) is 1. The molecule has 1 aliphatic rings. The van der Waals surface area contributed by atoms with E-state index in [9.17, 15) is 9.59 Å². The molecule has 0 saturated carbocycles. The van der Waals surface area contributed by atoms with Gasteiger partial charge >= 0.3 is 0 Å². The molecule has 2 rings (SSSR count). The first-order chi connectivity index (χ1) is 9.51. The van der Waals surface area contributed by atoms with Crippen molar-refractivity contribution in [1.82, 2.24) is 10.2 Å². The monoisotopic (exact) mass is 314 g/mol. The Bertz CT molecular complexity index is 503. The van der Waals surface area contributed by atoms with Crippen molar-refractivity contribution >= 4 is 34.8 Å². The van der Waals surface area contributed by atoms with E-state index in [4.69, 9.17) is 11.6 Å². The van der Waals surface area contributed by atoms with Crippen LogP contribution >= 0.6 is 22.9 Å². The molecule has 1 fully saturated rings. The maximum Gasteiger partial charge on any atom is 0.264 e. The van der Waals surface area contributed by atoms with Gasteiger partial charge in [0.2, 0.25) is 5.91 Å². The molecular weight excluding hydrogens is 296 g/mol. The van der Waals surface area contributed by atoms with Gasteiger partial charge in [-0.25, -0.2) is 0 Å². The number of carbonyl (C=O) groups is 2. The van der Waals surface area contributed by atoms with Gasteiger partial charge in [0.15, 0.2) is 0 Å². The van der Waals surface area contributed by atoms with Gasteiger partial charge in [-0.15, -0.1) is 11.3 Å².